The summed E-state index contributed by atoms with van der Waals surface area (Å²) in [6.45, 7) is 3.96. The van der Waals surface area contributed by atoms with Crippen LogP contribution in [0.2, 0.25) is 5.02 Å². The number of amides is 1. The topological polar surface area (TPSA) is 92.0 Å². The molecule has 2 N–H and O–H groups in total. The lowest BCUT2D eigenvalue weighted by molar-refractivity contribution is -0.136. The molecule has 3 rings (SSSR count). The van der Waals surface area contributed by atoms with Crippen LogP contribution in [0.15, 0.2) is 27.8 Å². The smallest absolute Gasteiger partial charge is 0.337 e. The second-order valence-electron chi connectivity index (χ2n) is 6.26. The summed E-state index contributed by atoms with van der Waals surface area (Å²) in [5.74, 6) is -0.116. The lowest BCUT2D eigenvalue weighted by Crippen LogP contribution is -2.31. The predicted octanol–water partition coefficient (Wildman–Crippen LogP) is 2.63. The Bertz CT molecular complexity index is 947. The first-order valence-corrected chi connectivity index (χ1v) is 8.99. The third-order valence-electron chi connectivity index (χ3n) is 4.64. The van der Waals surface area contributed by atoms with Crippen LogP contribution in [0.5, 0.6) is 0 Å². The molecule has 1 aromatic carbocycles. The number of hydrogen-bond donors (Lipinski definition) is 2. The predicted molar refractivity (Wildman–Crippen MR) is 102 cm³/mol. The Balaban J connectivity index is 2.02. The first-order valence-electron chi connectivity index (χ1n) is 8.61. The van der Waals surface area contributed by atoms with E-state index in [9.17, 15) is 9.59 Å². The molecule has 0 spiro atoms. The van der Waals surface area contributed by atoms with E-state index in [1.807, 2.05) is 19.9 Å². The van der Waals surface area contributed by atoms with Crippen LogP contribution in [0.4, 0.5) is 5.69 Å². The van der Waals surface area contributed by atoms with E-state index in [0.717, 1.165) is 23.1 Å². The molecule has 0 saturated heterocycles. The van der Waals surface area contributed by atoms with Gasteiger partial charge in [0.05, 0.1) is 30.9 Å². The molecule has 1 aliphatic rings. The van der Waals surface area contributed by atoms with Gasteiger partial charge < -0.3 is 24.5 Å². The maximum atomic E-state index is 12.6. The van der Waals surface area contributed by atoms with Gasteiger partial charge in [0, 0.05) is 24.0 Å². The molecular formula is C19H21ClN2O5. The Morgan fingerprint density at radius 1 is 1.44 bits per heavy atom. The summed E-state index contributed by atoms with van der Waals surface area (Å²) in [6.07, 6.45) is 0.742. The minimum Gasteiger partial charge on any atom is -0.466 e. The van der Waals surface area contributed by atoms with Crippen molar-refractivity contribution >= 4 is 40.1 Å². The zero-order valence-corrected chi connectivity index (χ0v) is 16.1. The van der Waals surface area contributed by atoms with Gasteiger partial charge in [-0.3, -0.25) is 4.79 Å². The Hall–Kier alpha value is -2.51. The summed E-state index contributed by atoms with van der Waals surface area (Å²) in [5, 5.41) is 13.4. The minimum atomic E-state index is -0.591. The summed E-state index contributed by atoms with van der Waals surface area (Å²) in [4.78, 5) is 26.1. The Labute approximate surface area is 161 Å². The van der Waals surface area contributed by atoms with Gasteiger partial charge in [-0.2, -0.15) is 0 Å². The molecular weight excluding hydrogens is 372 g/mol. The van der Waals surface area contributed by atoms with Crippen LogP contribution in [0.1, 0.15) is 18.2 Å². The molecule has 0 aliphatic carbocycles. The van der Waals surface area contributed by atoms with Crippen LogP contribution in [0, 0.1) is 6.92 Å². The van der Waals surface area contributed by atoms with Gasteiger partial charge in [-0.25, -0.2) is 4.79 Å². The third kappa shape index (κ3) is 3.40. The highest BCUT2D eigenvalue weighted by atomic mass is 35.5. The number of nitrogens with one attached hydrogen (secondary N) is 1. The number of ether oxygens (including phenoxy) is 1. The van der Waals surface area contributed by atoms with Crippen molar-refractivity contribution in [2.75, 3.05) is 32.1 Å². The highest BCUT2D eigenvalue weighted by molar-refractivity contribution is 6.35. The SMILES string of the molecule is CCc1oc2c(Cl)cc(NC3=C(C(=O)OC)CN(CCO)C3=O)cc2c1C. The quantitative estimate of drug-likeness (QED) is 0.734. The van der Waals surface area contributed by atoms with Gasteiger partial charge in [-0.05, 0) is 24.6 Å². The summed E-state index contributed by atoms with van der Waals surface area (Å²) in [5.41, 5.74) is 2.49. The van der Waals surface area contributed by atoms with Crippen molar-refractivity contribution in [3.63, 3.8) is 0 Å². The molecule has 27 heavy (non-hydrogen) atoms. The second kappa shape index (κ2) is 7.62. The number of benzene rings is 1. The molecule has 144 valence electrons. The van der Waals surface area contributed by atoms with Crippen molar-refractivity contribution in [1.29, 1.82) is 0 Å². The van der Waals surface area contributed by atoms with Crippen LogP contribution in [0.25, 0.3) is 11.0 Å². The fraction of sp³-hybridized carbons (Fsp3) is 0.368. The molecule has 0 atom stereocenters. The lowest BCUT2D eigenvalue weighted by Gasteiger charge is -2.15. The number of aliphatic hydroxyl groups excluding tert-OH is 1. The molecule has 1 aromatic heterocycles. The van der Waals surface area contributed by atoms with Crippen LogP contribution >= 0.6 is 11.6 Å². The number of carbonyl (C=O) groups excluding carboxylic acids is 2. The van der Waals surface area contributed by atoms with Crippen molar-refractivity contribution in [1.82, 2.24) is 4.90 Å². The molecule has 1 aliphatic heterocycles. The van der Waals surface area contributed by atoms with Gasteiger partial charge in [0.15, 0.2) is 5.58 Å². The molecule has 0 radical (unpaired) electrons. The number of nitrogens with zero attached hydrogens (tertiary/aromatic N) is 1. The average molecular weight is 393 g/mol. The van der Waals surface area contributed by atoms with Crippen LogP contribution in [0.3, 0.4) is 0 Å². The van der Waals surface area contributed by atoms with E-state index in [1.165, 1.54) is 12.0 Å². The van der Waals surface area contributed by atoms with E-state index in [0.29, 0.717) is 16.3 Å². The maximum absolute atomic E-state index is 12.6. The van der Waals surface area contributed by atoms with Gasteiger partial charge >= 0.3 is 5.97 Å². The Morgan fingerprint density at radius 2 is 2.19 bits per heavy atom. The Kier molecular flexibility index (Phi) is 5.43. The van der Waals surface area contributed by atoms with Crippen LogP contribution in [-0.2, 0) is 20.7 Å². The summed E-state index contributed by atoms with van der Waals surface area (Å²) in [7, 11) is 1.26. The maximum Gasteiger partial charge on any atom is 0.337 e. The zero-order chi connectivity index (χ0) is 19.7. The highest BCUT2D eigenvalue weighted by Crippen LogP contribution is 2.35. The fourth-order valence-corrected chi connectivity index (χ4v) is 3.49. The van der Waals surface area contributed by atoms with Crippen LogP contribution in [-0.4, -0.2) is 48.7 Å². The summed E-state index contributed by atoms with van der Waals surface area (Å²) >= 11 is 6.36. The third-order valence-corrected chi connectivity index (χ3v) is 4.92. The van der Waals surface area contributed by atoms with Gasteiger partial charge in [0.25, 0.3) is 5.91 Å². The van der Waals surface area contributed by atoms with E-state index >= 15 is 0 Å². The molecule has 1 amide bonds. The van der Waals surface area contributed by atoms with Crippen molar-refractivity contribution < 1.29 is 23.8 Å². The van der Waals surface area contributed by atoms with Crippen molar-refractivity contribution in [2.24, 2.45) is 0 Å². The number of aryl methyl sites for hydroxylation is 2. The number of esters is 1. The number of β-amino-alcohol motifs (C(OH)–C–C–N with tert-alkyl or cyclic N) is 1. The highest BCUT2D eigenvalue weighted by Gasteiger charge is 2.34. The van der Waals surface area contributed by atoms with E-state index < -0.39 is 5.97 Å². The van der Waals surface area contributed by atoms with E-state index in [4.69, 9.17) is 25.9 Å². The number of anilines is 1. The first kappa shape index (κ1) is 19.3. The molecule has 7 nitrogen and oxygen atoms in total. The largest absolute Gasteiger partial charge is 0.466 e. The number of furan rings is 1. The molecule has 2 aromatic rings. The molecule has 2 heterocycles. The van der Waals surface area contributed by atoms with E-state index in [-0.39, 0.29) is 36.9 Å². The summed E-state index contributed by atoms with van der Waals surface area (Å²) < 4.78 is 10.6. The number of hydrogen-bond acceptors (Lipinski definition) is 6. The first-order chi connectivity index (χ1) is 12.9. The number of aliphatic hydroxyl groups is 1. The number of fused-ring (bicyclic) bond motifs is 1. The monoisotopic (exact) mass is 392 g/mol. The molecule has 0 fully saturated rings. The fourth-order valence-electron chi connectivity index (χ4n) is 3.23. The van der Waals surface area contributed by atoms with Gasteiger partial charge in [0.1, 0.15) is 11.5 Å². The average Bonchev–Trinajstić information content (AvgIpc) is 3.14. The van der Waals surface area contributed by atoms with E-state index in [1.54, 1.807) is 6.07 Å². The van der Waals surface area contributed by atoms with Crippen molar-refractivity contribution in [3.05, 3.63) is 39.7 Å². The normalized spacial score (nSPS) is 14.4. The second-order valence-corrected chi connectivity index (χ2v) is 6.67. The van der Waals surface area contributed by atoms with Crippen molar-refractivity contribution in [3.8, 4) is 0 Å². The molecule has 0 saturated carbocycles. The lowest BCUT2D eigenvalue weighted by atomic mass is 10.1. The van der Waals surface area contributed by atoms with Gasteiger partial charge in [0.2, 0.25) is 0 Å². The number of rotatable bonds is 6. The molecule has 0 unspecified atom stereocenters. The number of halogens is 1. The molecule has 0 bridgehead atoms. The minimum absolute atomic E-state index is 0.0785. The zero-order valence-electron chi connectivity index (χ0n) is 15.4. The van der Waals surface area contributed by atoms with Gasteiger partial charge in [-0.15, -0.1) is 0 Å². The van der Waals surface area contributed by atoms with Crippen molar-refractivity contribution in [2.45, 2.75) is 20.3 Å². The Morgan fingerprint density at radius 3 is 2.81 bits per heavy atom. The van der Waals surface area contributed by atoms with Gasteiger partial charge in [-0.1, -0.05) is 18.5 Å². The van der Waals surface area contributed by atoms with E-state index in [2.05, 4.69) is 5.32 Å². The molecule has 8 heteroatoms. The number of methoxy groups -OCH3 is 1. The van der Waals surface area contributed by atoms with Crippen LogP contribution < -0.4 is 5.32 Å². The standard InChI is InChI=1S/C19H21ClN2O5/c1-4-15-10(2)12-7-11(8-14(20)17(12)27-15)21-16-13(19(25)26-3)9-22(5-6-23)18(16)24/h7-8,21,23H,4-6,9H2,1-3H3. The summed E-state index contributed by atoms with van der Waals surface area (Å²) in [6, 6.07) is 3.49. The number of carbonyl (C=O) groups is 2.